The molecule has 12 heteroatoms. The van der Waals surface area contributed by atoms with E-state index in [4.69, 9.17) is 5.73 Å². The highest BCUT2D eigenvalue weighted by atomic mass is 79.9. The number of nitrogens with one attached hydrogen (secondary N) is 3. The van der Waals surface area contributed by atoms with Gasteiger partial charge >= 0.3 is 12.1 Å². The summed E-state index contributed by atoms with van der Waals surface area (Å²) >= 11 is 7.05. The molecule has 2 aromatic carbocycles. The predicted molar refractivity (Wildman–Crippen MR) is 183 cm³/mol. The average Bonchev–Trinajstić information content (AvgIpc) is 3.06. The molecule has 4 heterocycles. The van der Waals surface area contributed by atoms with Gasteiger partial charge in [-0.05, 0) is 125 Å². The number of anilines is 2. The highest BCUT2D eigenvalue weighted by molar-refractivity contribution is 9.11. The van der Waals surface area contributed by atoms with Gasteiger partial charge in [-0.1, -0.05) is 18.2 Å². The molecule has 0 radical (unpaired) electrons. The summed E-state index contributed by atoms with van der Waals surface area (Å²) in [5.41, 5.74) is 9.59. The smallest absolute Gasteiger partial charge is 0.322 e. The normalized spacial score (nSPS) is 20.8. The zero-order valence-corrected chi connectivity index (χ0v) is 28.7. The predicted octanol–water partition coefficient (Wildman–Crippen LogP) is 5.16. The summed E-state index contributed by atoms with van der Waals surface area (Å²) in [7, 11) is 0. The fourth-order valence-corrected chi connectivity index (χ4v) is 8.74. The molecule has 0 aliphatic carbocycles. The van der Waals surface area contributed by atoms with Crippen molar-refractivity contribution >= 4 is 61.2 Å². The highest BCUT2D eigenvalue weighted by Crippen LogP contribution is 2.33. The number of rotatable bonds is 6. The minimum absolute atomic E-state index is 0.0327. The lowest BCUT2D eigenvalue weighted by Crippen LogP contribution is -2.57. The van der Waals surface area contributed by atoms with Crippen LogP contribution in [0, 0.1) is 11.8 Å². The molecule has 2 aromatic rings. The second-order valence-corrected chi connectivity index (χ2v) is 14.6. The molecule has 0 saturated carbocycles. The van der Waals surface area contributed by atoms with Crippen molar-refractivity contribution in [2.75, 3.05) is 50.3 Å². The number of fused-ring (bicyclic) bond motifs is 1. The van der Waals surface area contributed by atoms with E-state index >= 15 is 0 Å². The number of likely N-dealkylation sites (tertiary alicyclic amines) is 2. The minimum atomic E-state index is -0.697. The number of benzene rings is 2. The molecular weight excluding hydrogens is 702 g/mol. The maximum absolute atomic E-state index is 14.0. The lowest BCUT2D eigenvalue weighted by molar-refractivity contribution is -0.135. The monoisotopic (exact) mass is 743 g/mol. The number of nitrogen functional groups attached to an aromatic ring is 1. The Balaban J connectivity index is 1.09. The molecule has 1 atom stereocenters. The van der Waals surface area contributed by atoms with E-state index in [0.717, 1.165) is 70.7 Å². The largest absolute Gasteiger partial charge is 0.397 e. The molecule has 6 rings (SSSR count). The van der Waals surface area contributed by atoms with Gasteiger partial charge in [0.15, 0.2) is 0 Å². The molecule has 0 bridgehead atoms. The van der Waals surface area contributed by atoms with E-state index in [1.165, 1.54) is 12.8 Å². The van der Waals surface area contributed by atoms with Crippen molar-refractivity contribution in [3.8, 4) is 0 Å². The Morgan fingerprint density at radius 3 is 2.22 bits per heavy atom. The number of urea groups is 2. The first-order chi connectivity index (χ1) is 21.8. The lowest BCUT2D eigenvalue weighted by Gasteiger charge is -2.41. The molecule has 5 amide bonds. The molecule has 0 unspecified atom stereocenters. The van der Waals surface area contributed by atoms with Crippen molar-refractivity contribution in [1.29, 1.82) is 0 Å². The number of hydrogen-bond acceptors (Lipinski definition) is 5. The summed E-state index contributed by atoms with van der Waals surface area (Å²) in [6, 6.07) is 10.7. The SMILES string of the molecule is Nc1c(Br)cc(C[C@@H](NC(=O)N2CCC(N3Cc4ccccc4NC3=O)CC2)C(=O)N2CCC(C3CCNCC3)CC2)cc1Br. The molecule has 4 aliphatic rings. The Kier molecular flexibility index (Phi) is 10.2. The molecule has 0 spiro atoms. The van der Waals surface area contributed by atoms with Gasteiger partial charge in [-0.25, -0.2) is 9.59 Å². The highest BCUT2D eigenvalue weighted by Gasteiger charge is 2.36. The maximum atomic E-state index is 14.0. The van der Waals surface area contributed by atoms with Crippen molar-refractivity contribution in [2.24, 2.45) is 11.8 Å². The molecule has 5 N–H and O–H groups in total. The molecule has 3 saturated heterocycles. The maximum Gasteiger partial charge on any atom is 0.322 e. The van der Waals surface area contributed by atoms with Crippen LogP contribution in [0.4, 0.5) is 21.0 Å². The number of nitrogens with two attached hydrogens (primary N) is 1. The molecule has 10 nitrogen and oxygen atoms in total. The standard InChI is InChI=1S/C33H43Br2N7O3/c34-26-17-21(18-27(35)30(26)36)19-29(31(43)40-13-7-23(8-14-40)22-5-11-37-12-6-22)39-32(44)41-15-9-25(10-16-41)42-20-24-3-1-2-4-28(24)38-33(42)45/h1-4,17-18,22-23,25,29,37H,5-16,19-20,36H2,(H,38,45)(H,39,44)/t29-/m1/s1. The van der Waals surface area contributed by atoms with Crippen molar-refractivity contribution in [3.63, 3.8) is 0 Å². The Bertz CT molecular complexity index is 1380. The van der Waals surface area contributed by atoms with E-state index in [2.05, 4.69) is 47.8 Å². The van der Waals surface area contributed by atoms with Gasteiger partial charge in [0.25, 0.3) is 0 Å². The van der Waals surface area contributed by atoms with Gasteiger partial charge in [-0.3, -0.25) is 4.79 Å². The first-order valence-electron chi connectivity index (χ1n) is 16.2. The van der Waals surface area contributed by atoms with Gasteiger partial charge < -0.3 is 36.4 Å². The Hall–Kier alpha value is -2.83. The van der Waals surface area contributed by atoms with E-state index < -0.39 is 6.04 Å². The Labute approximate surface area is 282 Å². The first kappa shape index (κ1) is 32.1. The molecule has 4 aliphatic heterocycles. The van der Waals surface area contributed by atoms with E-state index in [1.54, 1.807) is 4.90 Å². The van der Waals surface area contributed by atoms with Crippen molar-refractivity contribution < 1.29 is 14.4 Å². The molecule has 0 aromatic heterocycles. The number of nitrogens with zero attached hydrogens (tertiary/aromatic N) is 3. The van der Waals surface area contributed by atoms with Gasteiger partial charge in [-0.15, -0.1) is 0 Å². The third-order valence-electron chi connectivity index (χ3n) is 10.1. The van der Waals surface area contributed by atoms with Gasteiger partial charge in [0.1, 0.15) is 6.04 Å². The second kappa shape index (κ2) is 14.3. The summed E-state index contributed by atoms with van der Waals surface area (Å²) in [4.78, 5) is 46.1. The third-order valence-corrected chi connectivity index (χ3v) is 11.4. The van der Waals surface area contributed by atoms with Gasteiger partial charge in [0.05, 0.1) is 5.69 Å². The van der Waals surface area contributed by atoms with Crippen LogP contribution in [0.15, 0.2) is 45.3 Å². The number of para-hydroxylation sites is 1. The summed E-state index contributed by atoms with van der Waals surface area (Å²) in [6.45, 7) is 5.22. The van der Waals surface area contributed by atoms with Crippen LogP contribution in [-0.4, -0.2) is 84.0 Å². The van der Waals surface area contributed by atoms with Crippen molar-refractivity contribution in [3.05, 3.63) is 56.5 Å². The zero-order valence-electron chi connectivity index (χ0n) is 25.6. The Morgan fingerprint density at radius 1 is 0.911 bits per heavy atom. The summed E-state index contributed by atoms with van der Waals surface area (Å²) in [6.07, 6.45) is 6.18. The Morgan fingerprint density at radius 2 is 1.53 bits per heavy atom. The minimum Gasteiger partial charge on any atom is -0.397 e. The van der Waals surface area contributed by atoms with E-state index in [0.29, 0.717) is 50.5 Å². The topological polar surface area (TPSA) is 123 Å². The molecule has 3 fully saturated rings. The third kappa shape index (κ3) is 7.44. The number of carbonyl (C=O) groups is 3. The molecule has 45 heavy (non-hydrogen) atoms. The van der Waals surface area contributed by atoms with Crippen LogP contribution in [0.5, 0.6) is 0 Å². The number of halogens is 2. The van der Waals surface area contributed by atoms with Crippen LogP contribution < -0.4 is 21.7 Å². The quantitative estimate of drug-likeness (QED) is 0.305. The summed E-state index contributed by atoms with van der Waals surface area (Å²) in [5.74, 6) is 1.36. The fourth-order valence-electron chi connectivity index (χ4n) is 7.46. The fraction of sp³-hybridized carbons (Fsp3) is 0.545. The number of carbonyl (C=O) groups excluding carboxylic acids is 3. The lowest BCUT2D eigenvalue weighted by atomic mass is 9.79. The number of piperidine rings is 3. The van der Waals surface area contributed by atoms with Crippen LogP contribution in [0.2, 0.25) is 0 Å². The van der Waals surface area contributed by atoms with Gasteiger partial charge in [-0.2, -0.15) is 0 Å². The zero-order chi connectivity index (χ0) is 31.5. The second-order valence-electron chi connectivity index (χ2n) is 12.9. The van der Waals surface area contributed by atoms with Crippen LogP contribution in [0.25, 0.3) is 0 Å². The molecular formula is C33H43Br2N7O3. The van der Waals surface area contributed by atoms with Crippen LogP contribution in [-0.2, 0) is 17.8 Å². The van der Waals surface area contributed by atoms with Crippen LogP contribution >= 0.6 is 31.9 Å². The van der Waals surface area contributed by atoms with E-state index in [9.17, 15) is 14.4 Å². The first-order valence-corrected chi connectivity index (χ1v) is 17.8. The van der Waals surface area contributed by atoms with Crippen LogP contribution in [0.1, 0.15) is 49.7 Å². The summed E-state index contributed by atoms with van der Waals surface area (Å²) in [5, 5.41) is 9.57. The summed E-state index contributed by atoms with van der Waals surface area (Å²) < 4.78 is 1.50. The number of hydrogen-bond donors (Lipinski definition) is 4. The molecule has 242 valence electrons. The van der Waals surface area contributed by atoms with E-state index in [1.807, 2.05) is 46.2 Å². The van der Waals surface area contributed by atoms with E-state index in [-0.39, 0.29) is 24.0 Å². The van der Waals surface area contributed by atoms with Crippen molar-refractivity contribution in [1.82, 2.24) is 25.3 Å². The van der Waals surface area contributed by atoms with Crippen molar-refractivity contribution in [2.45, 2.75) is 63.6 Å². The van der Waals surface area contributed by atoms with Gasteiger partial charge in [0, 0.05) is 59.8 Å². The number of amides is 5. The average molecular weight is 746 g/mol. The van der Waals surface area contributed by atoms with Gasteiger partial charge in [0.2, 0.25) is 5.91 Å². The van der Waals surface area contributed by atoms with Crippen LogP contribution in [0.3, 0.4) is 0 Å².